The monoisotopic (exact) mass is 362 g/mol. The Kier molecular flexibility index (Phi) is 5.99. The third kappa shape index (κ3) is 4.41. The van der Waals surface area contributed by atoms with E-state index in [0.29, 0.717) is 24.7 Å². The first-order chi connectivity index (χ1) is 13.2. The van der Waals surface area contributed by atoms with Gasteiger partial charge in [-0.25, -0.2) is 9.97 Å². The lowest BCUT2D eigenvalue weighted by Crippen LogP contribution is -2.31. The Morgan fingerprint density at radius 2 is 1.81 bits per heavy atom. The summed E-state index contributed by atoms with van der Waals surface area (Å²) in [7, 11) is 1.64. The second-order valence-electron chi connectivity index (χ2n) is 5.82. The molecule has 0 fully saturated rings. The van der Waals surface area contributed by atoms with E-state index in [1.54, 1.807) is 24.3 Å². The number of rotatable bonds is 7. The van der Waals surface area contributed by atoms with Gasteiger partial charge in [0, 0.05) is 30.5 Å². The maximum absolute atomic E-state index is 12.9. The van der Waals surface area contributed by atoms with Crippen molar-refractivity contribution in [1.82, 2.24) is 9.97 Å². The Morgan fingerprint density at radius 1 is 1.07 bits per heavy atom. The van der Waals surface area contributed by atoms with Gasteiger partial charge in [0.15, 0.2) is 0 Å². The summed E-state index contributed by atoms with van der Waals surface area (Å²) in [5.74, 6) is 1.03. The van der Waals surface area contributed by atoms with E-state index < -0.39 is 0 Å². The summed E-state index contributed by atoms with van der Waals surface area (Å²) >= 11 is 0. The summed E-state index contributed by atoms with van der Waals surface area (Å²) in [6, 6.07) is 18.9. The Bertz CT molecular complexity index is 899. The number of ether oxygens (including phenoxy) is 1. The number of aromatic nitrogens is 2. The minimum Gasteiger partial charge on any atom is -0.496 e. The molecule has 1 amide bonds. The van der Waals surface area contributed by atoms with E-state index in [0.717, 1.165) is 17.0 Å². The molecular formula is C21H22N4O2. The number of amides is 1. The van der Waals surface area contributed by atoms with Gasteiger partial charge in [-0.05, 0) is 31.2 Å². The summed E-state index contributed by atoms with van der Waals surface area (Å²) in [4.78, 5) is 23.2. The highest BCUT2D eigenvalue weighted by Crippen LogP contribution is 2.19. The van der Waals surface area contributed by atoms with Gasteiger partial charge in [0.25, 0.3) is 5.91 Å². The fraction of sp³-hybridized carbons (Fsp3) is 0.190. The van der Waals surface area contributed by atoms with Crippen molar-refractivity contribution in [3.8, 4) is 5.75 Å². The van der Waals surface area contributed by atoms with E-state index in [2.05, 4.69) is 15.3 Å². The lowest BCUT2D eigenvalue weighted by Gasteiger charge is -2.20. The third-order valence-corrected chi connectivity index (χ3v) is 4.13. The number of anilines is 2. The molecule has 1 N–H and O–H groups in total. The van der Waals surface area contributed by atoms with Gasteiger partial charge in [-0.15, -0.1) is 0 Å². The van der Waals surface area contributed by atoms with Crippen LogP contribution < -0.4 is 15.0 Å². The molecule has 0 bridgehead atoms. The van der Waals surface area contributed by atoms with Crippen LogP contribution in [0.2, 0.25) is 0 Å². The highest BCUT2D eigenvalue weighted by Gasteiger charge is 2.18. The molecule has 138 valence electrons. The summed E-state index contributed by atoms with van der Waals surface area (Å²) < 4.78 is 5.35. The lowest BCUT2D eigenvalue weighted by atomic mass is 10.2. The molecule has 3 aromatic rings. The number of methoxy groups -OCH3 is 1. The largest absolute Gasteiger partial charge is 0.496 e. The molecule has 1 aromatic heterocycles. The van der Waals surface area contributed by atoms with Crippen LogP contribution in [0.3, 0.4) is 0 Å². The summed E-state index contributed by atoms with van der Waals surface area (Å²) in [5, 5.41) is 3.15. The molecule has 0 aliphatic heterocycles. The van der Waals surface area contributed by atoms with Gasteiger partial charge in [-0.3, -0.25) is 4.79 Å². The molecular weight excluding hydrogens is 340 g/mol. The number of carbonyl (C=O) groups excluding carboxylic acids is 1. The Morgan fingerprint density at radius 3 is 2.56 bits per heavy atom. The second kappa shape index (κ2) is 8.80. The maximum Gasteiger partial charge on any atom is 0.277 e. The molecule has 3 rings (SSSR count). The molecule has 0 saturated carbocycles. The van der Waals surface area contributed by atoms with Crippen molar-refractivity contribution in [2.24, 2.45) is 0 Å². The van der Waals surface area contributed by atoms with Crippen molar-refractivity contribution in [1.29, 1.82) is 0 Å². The van der Waals surface area contributed by atoms with Crippen molar-refractivity contribution >= 4 is 17.5 Å². The fourth-order valence-corrected chi connectivity index (χ4v) is 2.78. The van der Waals surface area contributed by atoms with Crippen LogP contribution in [0.4, 0.5) is 11.6 Å². The van der Waals surface area contributed by atoms with E-state index in [1.807, 2.05) is 61.5 Å². The molecule has 0 spiro atoms. The Balaban J connectivity index is 1.76. The maximum atomic E-state index is 12.9. The highest BCUT2D eigenvalue weighted by atomic mass is 16.5. The minimum atomic E-state index is -0.161. The average molecular weight is 362 g/mol. The van der Waals surface area contributed by atoms with Crippen LogP contribution in [0.25, 0.3) is 0 Å². The van der Waals surface area contributed by atoms with E-state index in [9.17, 15) is 4.79 Å². The van der Waals surface area contributed by atoms with Crippen molar-refractivity contribution in [3.63, 3.8) is 0 Å². The summed E-state index contributed by atoms with van der Waals surface area (Å²) in [5.41, 5.74) is 2.17. The van der Waals surface area contributed by atoms with Gasteiger partial charge in [0.2, 0.25) is 5.95 Å². The number of carbonyl (C=O) groups is 1. The van der Waals surface area contributed by atoms with Crippen LogP contribution in [-0.4, -0.2) is 29.5 Å². The van der Waals surface area contributed by atoms with Gasteiger partial charge in [-0.1, -0.05) is 36.4 Å². The van der Waals surface area contributed by atoms with Crippen LogP contribution in [0, 0.1) is 0 Å². The standard InChI is InChI=1S/C21H22N4O2/c1-3-25(17-10-5-4-6-11-17)20(26)18-13-14-22-21(24-18)23-15-16-9-7-8-12-19(16)27-2/h4-14H,3,15H2,1-2H3,(H,22,23,24). The van der Waals surface area contributed by atoms with Gasteiger partial charge in [0.05, 0.1) is 7.11 Å². The van der Waals surface area contributed by atoms with Crippen LogP contribution in [-0.2, 0) is 6.54 Å². The van der Waals surface area contributed by atoms with Crippen LogP contribution in [0.5, 0.6) is 5.75 Å². The second-order valence-corrected chi connectivity index (χ2v) is 5.82. The van der Waals surface area contributed by atoms with Crippen molar-refractivity contribution in [2.45, 2.75) is 13.5 Å². The number of nitrogens with one attached hydrogen (secondary N) is 1. The van der Waals surface area contributed by atoms with Gasteiger partial charge >= 0.3 is 0 Å². The van der Waals surface area contributed by atoms with E-state index in [-0.39, 0.29) is 5.91 Å². The van der Waals surface area contributed by atoms with Crippen LogP contribution in [0.15, 0.2) is 66.9 Å². The summed E-state index contributed by atoms with van der Waals surface area (Å²) in [6.07, 6.45) is 1.59. The molecule has 0 saturated heterocycles. The number of para-hydroxylation sites is 2. The van der Waals surface area contributed by atoms with Gasteiger partial charge in [0.1, 0.15) is 11.4 Å². The normalized spacial score (nSPS) is 10.3. The molecule has 2 aromatic carbocycles. The molecule has 6 heteroatoms. The molecule has 0 aliphatic carbocycles. The van der Waals surface area contributed by atoms with Gasteiger partial charge < -0.3 is 15.0 Å². The topological polar surface area (TPSA) is 67.4 Å². The molecule has 0 atom stereocenters. The first-order valence-corrected chi connectivity index (χ1v) is 8.78. The smallest absolute Gasteiger partial charge is 0.277 e. The fourth-order valence-electron chi connectivity index (χ4n) is 2.78. The average Bonchev–Trinajstić information content (AvgIpc) is 2.74. The number of nitrogens with zero attached hydrogens (tertiary/aromatic N) is 3. The van der Waals surface area contributed by atoms with E-state index in [4.69, 9.17) is 4.74 Å². The molecule has 6 nitrogen and oxygen atoms in total. The van der Waals surface area contributed by atoms with Crippen molar-refractivity contribution < 1.29 is 9.53 Å². The summed E-state index contributed by atoms with van der Waals surface area (Å²) in [6.45, 7) is 2.99. The molecule has 0 unspecified atom stereocenters. The van der Waals surface area contributed by atoms with Crippen molar-refractivity contribution in [2.75, 3.05) is 23.9 Å². The number of hydrogen-bond acceptors (Lipinski definition) is 5. The number of benzene rings is 2. The zero-order valence-corrected chi connectivity index (χ0v) is 15.4. The molecule has 0 aliphatic rings. The first kappa shape index (κ1) is 18.4. The van der Waals surface area contributed by atoms with Crippen LogP contribution in [0.1, 0.15) is 23.0 Å². The highest BCUT2D eigenvalue weighted by molar-refractivity contribution is 6.04. The first-order valence-electron chi connectivity index (χ1n) is 8.78. The minimum absolute atomic E-state index is 0.161. The lowest BCUT2D eigenvalue weighted by molar-refractivity contribution is 0.0983. The third-order valence-electron chi connectivity index (χ3n) is 4.13. The predicted octanol–water partition coefficient (Wildman–Crippen LogP) is 3.76. The molecule has 27 heavy (non-hydrogen) atoms. The van der Waals surface area contributed by atoms with E-state index in [1.165, 1.54) is 0 Å². The van der Waals surface area contributed by atoms with Gasteiger partial charge in [-0.2, -0.15) is 0 Å². The number of hydrogen-bond donors (Lipinski definition) is 1. The molecule has 1 heterocycles. The Labute approximate surface area is 158 Å². The SMILES string of the molecule is CCN(C(=O)c1ccnc(NCc2ccccc2OC)n1)c1ccccc1. The predicted molar refractivity (Wildman–Crippen MR) is 106 cm³/mol. The van der Waals surface area contributed by atoms with Crippen LogP contribution >= 0.6 is 0 Å². The zero-order valence-electron chi connectivity index (χ0n) is 15.4. The Hall–Kier alpha value is -3.41. The quantitative estimate of drug-likeness (QED) is 0.693. The van der Waals surface area contributed by atoms with E-state index >= 15 is 0 Å². The molecule has 0 radical (unpaired) electrons. The van der Waals surface area contributed by atoms with Crippen molar-refractivity contribution in [3.05, 3.63) is 78.1 Å². The zero-order chi connectivity index (χ0) is 19.1.